The Bertz CT molecular complexity index is 1310. The second-order valence-electron chi connectivity index (χ2n) is 9.17. The Morgan fingerprint density at radius 3 is 2.44 bits per heavy atom. The number of benzene rings is 2. The second-order valence-corrected chi connectivity index (χ2v) is 10.2. The Morgan fingerprint density at radius 2 is 1.77 bits per heavy atom. The fourth-order valence-electron chi connectivity index (χ4n) is 4.37. The molecule has 0 spiro atoms. The van der Waals surface area contributed by atoms with Crippen LogP contribution in [-0.2, 0) is 20.9 Å². The third-order valence-corrected chi connectivity index (χ3v) is 7.25. The largest absolute Gasteiger partial charge is 0.457 e. The van der Waals surface area contributed by atoms with Gasteiger partial charge in [-0.25, -0.2) is 0 Å². The number of amides is 3. The molecule has 204 valence electrons. The van der Waals surface area contributed by atoms with Crippen molar-refractivity contribution in [3.8, 4) is 11.5 Å². The van der Waals surface area contributed by atoms with E-state index in [0.29, 0.717) is 42.2 Å². The number of ether oxygens (including phenoxy) is 2. The van der Waals surface area contributed by atoms with Crippen LogP contribution in [0, 0.1) is 11.3 Å². The Labute approximate surface area is 230 Å². The summed E-state index contributed by atoms with van der Waals surface area (Å²) in [4.78, 5) is 41.2. The van der Waals surface area contributed by atoms with Crippen molar-refractivity contribution in [2.45, 2.75) is 19.0 Å². The number of hydrogen-bond acceptors (Lipinski definition) is 7. The second kappa shape index (κ2) is 13.0. The lowest BCUT2D eigenvalue weighted by atomic mass is 10.1. The normalized spacial score (nSPS) is 16.5. The standard InChI is InChI=1S/C28H31N5O5S/c1-37-16-18-11-24(28(36)31-13-23-12-20(17-39-23)26(29)30)33(15-18)25(34)14-32-27(35)19-7-9-22(10-8-19)38-21-5-3-2-4-6-21/h2-10,12,17-18,24H,11,13-16H2,1H3,(H3,29,30)(H,31,36)(H,32,35)/t18?,24-/m0/s1. The molecule has 0 radical (unpaired) electrons. The number of carbonyl (C=O) groups excluding carboxylic acids is 3. The van der Waals surface area contributed by atoms with E-state index in [0.717, 1.165) is 4.88 Å². The molecule has 1 saturated heterocycles. The molecule has 1 aliphatic rings. The van der Waals surface area contributed by atoms with Crippen LogP contribution >= 0.6 is 11.3 Å². The summed E-state index contributed by atoms with van der Waals surface area (Å²) >= 11 is 1.40. The zero-order valence-corrected chi connectivity index (χ0v) is 22.3. The number of rotatable bonds is 11. The summed E-state index contributed by atoms with van der Waals surface area (Å²) in [5.74, 6) is 0.228. The summed E-state index contributed by atoms with van der Waals surface area (Å²) in [6.45, 7) is 0.812. The van der Waals surface area contributed by atoms with E-state index in [9.17, 15) is 14.4 Å². The molecule has 1 fully saturated rings. The number of nitrogens with two attached hydrogens (primary N) is 1. The highest BCUT2D eigenvalue weighted by atomic mass is 32.1. The minimum absolute atomic E-state index is 0.00798. The van der Waals surface area contributed by atoms with Crippen LogP contribution in [0.15, 0.2) is 66.0 Å². The van der Waals surface area contributed by atoms with E-state index in [1.54, 1.807) is 42.8 Å². The minimum Gasteiger partial charge on any atom is -0.457 e. The summed E-state index contributed by atoms with van der Waals surface area (Å²) in [5.41, 5.74) is 6.50. The Kier molecular flexibility index (Phi) is 9.29. The molecule has 4 rings (SSSR count). The fourth-order valence-corrected chi connectivity index (χ4v) is 5.19. The number of methoxy groups -OCH3 is 1. The quantitative estimate of drug-likeness (QED) is 0.214. The monoisotopic (exact) mass is 549 g/mol. The lowest BCUT2D eigenvalue weighted by molar-refractivity contribution is -0.137. The number of para-hydroxylation sites is 1. The number of carbonyl (C=O) groups is 3. The molecular weight excluding hydrogens is 518 g/mol. The lowest BCUT2D eigenvalue weighted by Gasteiger charge is -2.24. The molecule has 0 aliphatic carbocycles. The van der Waals surface area contributed by atoms with Crippen molar-refractivity contribution in [2.75, 3.05) is 26.8 Å². The summed E-state index contributed by atoms with van der Waals surface area (Å²) in [7, 11) is 1.58. The van der Waals surface area contributed by atoms with Crippen LogP contribution < -0.4 is 21.1 Å². The van der Waals surface area contributed by atoms with Crippen molar-refractivity contribution < 1.29 is 23.9 Å². The van der Waals surface area contributed by atoms with Crippen LogP contribution in [0.1, 0.15) is 27.2 Å². The maximum absolute atomic E-state index is 13.1. The third-order valence-electron chi connectivity index (χ3n) is 6.31. The zero-order valence-electron chi connectivity index (χ0n) is 21.5. The number of thiophene rings is 1. The smallest absolute Gasteiger partial charge is 0.251 e. The van der Waals surface area contributed by atoms with Crippen molar-refractivity contribution in [3.63, 3.8) is 0 Å². The highest BCUT2D eigenvalue weighted by Crippen LogP contribution is 2.25. The van der Waals surface area contributed by atoms with Crippen molar-refractivity contribution >= 4 is 34.9 Å². The van der Waals surface area contributed by atoms with Crippen LogP contribution in [0.2, 0.25) is 0 Å². The summed E-state index contributed by atoms with van der Waals surface area (Å²) in [6, 6.07) is 17.0. The van der Waals surface area contributed by atoms with Crippen LogP contribution in [0.25, 0.3) is 0 Å². The van der Waals surface area contributed by atoms with Gasteiger partial charge in [-0.15, -0.1) is 11.3 Å². The molecule has 1 aliphatic heterocycles. The van der Waals surface area contributed by atoms with Gasteiger partial charge < -0.3 is 30.7 Å². The number of likely N-dealkylation sites (tertiary alicyclic amines) is 1. The van der Waals surface area contributed by atoms with Crippen LogP contribution in [0.3, 0.4) is 0 Å². The molecule has 2 atom stereocenters. The van der Waals surface area contributed by atoms with Crippen LogP contribution in [0.5, 0.6) is 11.5 Å². The van der Waals surface area contributed by atoms with E-state index in [1.807, 2.05) is 30.3 Å². The highest BCUT2D eigenvalue weighted by Gasteiger charge is 2.39. The summed E-state index contributed by atoms with van der Waals surface area (Å²) in [6.07, 6.45) is 0.464. The van der Waals surface area contributed by atoms with Gasteiger partial charge in [-0.3, -0.25) is 19.8 Å². The summed E-state index contributed by atoms with van der Waals surface area (Å²) < 4.78 is 11.0. The molecule has 0 bridgehead atoms. The predicted molar refractivity (Wildman–Crippen MR) is 148 cm³/mol. The molecule has 2 heterocycles. The molecule has 11 heteroatoms. The highest BCUT2D eigenvalue weighted by molar-refractivity contribution is 7.10. The molecule has 10 nitrogen and oxygen atoms in total. The zero-order chi connectivity index (χ0) is 27.8. The maximum Gasteiger partial charge on any atom is 0.251 e. The molecule has 1 aromatic heterocycles. The molecule has 39 heavy (non-hydrogen) atoms. The number of nitrogens with one attached hydrogen (secondary N) is 3. The van der Waals surface area contributed by atoms with Crippen molar-refractivity contribution in [1.29, 1.82) is 5.41 Å². The van der Waals surface area contributed by atoms with E-state index >= 15 is 0 Å². The third kappa shape index (κ3) is 7.43. The number of nitrogens with zero attached hydrogens (tertiary/aromatic N) is 1. The fraction of sp³-hybridized carbons (Fsp3) is 0.286. The van der Waals surface area contributed by atoms with Crippen LogP contribution in [0.4, 0.5) is 0 Å². The van der Waals surface area contributed by atoms with Gasteiger partial charge in [0.15, 0.2) is 0 Å². The van der Waals surface area contributed by atoms with Gasteiger partial charge in [-0.05, 0) is 48.9 Å². The molecule has 2 aromatic carbocycles. The molecule has 1 unspecified atom stereocenters. The van der Waals surface area contributed by atoms with Gasteiger partial charge in [-0.1, -0.05) is 18.2 Å². The summed E-state index contributed by atoms with van der Waals surface area (Å²) in [5, 5.41) is 14.8. The van der Waals surface area contributed by atoms with E-state index in [1.165, 1.54) is 16.2 Å². The van der Waals surface area contributed by atoms with Crippen LogP contribution in [-0.4, -0.2) is 61.3 Å². The SMILES string of the molecule is COCC1C[C@@H](C(=O)NCc2cc(C(=N)N)cs2)N(C(=O)CNC(=O)c2ccc(Oc3ccccc3)cc2)C1. The van der Waals surface area contributed by atoms with E-state index in [4.69, 9.17) is 20.6 Å². The molecular formula is C28H31N5O5S. The number of hydrogen-bond donors (Lipinski definition) is 4. The topological polar surface area (TPSA) is 147 Å². The Morgan fingerprint density at radius 1 is 1.05 bits per heavy atom. The van der Waals surface area contributed by atoms with Gasteiger partial charge in [-0.2, -0.15) is 0 Å². The van der Waals surface area contributed by atoms with E-state index in [2.05, 4.69) is 10.6 Å². The first-order valence-electron chi connectivity index (χ1n) is 12.4. The minimum atomic E-state index is -0.670. The molecule has 3 aromatic rings. The first-order chi connectivity index (χ1) is 18.8. The molecule has 3 amide bonds. The maximum atomic E-state index is 13.1. The number of nitrogen functional groups attached to an aromatic ring is 1. The van der Waals surface area contributed by atoms with Gasteiger partial charge in [0.05, 0.1) is 19.7 Å². The predicted octanol–water partition coefficient (Wildman–Crippen LogP) is 2.73. The van der Waals surface area contributed by atoms with Gasteiger partial charge in [0.1, 0.15) is 23.4 Å². The van der Waals surface area contributed by atoms with E-state index in [-0.39, 0.29) is 36.7 Å². The first-order valence-corrected chi connectivity index (χ1v) is 13.3. The van der Waals surface area contributed by atoms with Crippen molar-refractivity contribution in [2.24, 2.45) is 11.7 Å². The van der Waals surface area contributed by atoms with E-state index < -0.39 is 11.9 Å². The average Bonchev–Trinajstić information content (AvgIpc) is 3.59. The van der Waals surface area contributed by atoms with Crippen molar-refractivity contribution in [3.05, 3.63) is 82.0 Å². The first kappa shape index (κ1) is 27.8. The average molecular weight is 550 g/mol. The van der Waals surface area contributed by atoms with Crippen molar-refractivity contribution in [1.82, 2.24) is 15.5 Å². The van der Waals surface area contributed by atoms with Gasteiger partial charge in [0.2, 0.25) is 11.8 Å². The number of amidine groups is 1. The van der Waals surface area contributed by atoms with Gasteiger partial charge >= 0.3 is 0 Å². The molecule has 0 saturated carbocycles. The molecule has 5 N–H and O–H groups in total. The Balaban J connectivity index is 1.32. The Hall–Kier alpha value is -4.22. The lowest BCUT2D eigenvalue weighted by Crippen LogP contribution is -2.48. The van der Waals surface area contributed by atoms with Gasteiger partial charge in [0.25, 0.3) is 5.91 Å². The van der Waals surface area contributed by atoms with Gasteiger partial charge in [0, 0.05) is 41.0 Å².